The first-order chi connectivity index (χ1) is 14.7. The number of rotatable bonds is 7. The summed E-state index contributed by atoms with van der Waals surface area (Å²) < 4.78 is 6.99. The van der Waals surface area contributed by atoms with Gasteiger partial charge in [0.25, 0.3) is 0 Å². The lowest BCUT2D eigenvalue weighted by molar-refractivity contribution is -0.120. The maximum Gasteiger partial charge on any atom is 0.224 e. The molecule has 0 saturated carbocycles. The van der Waals surface area contributed by atoms with Gasteiger partial charge in [0.15, 0.2) is 0 Å². The van der Waals surface area contributed by atoms with E-state index >= 15 is 0 Å². The number of para-hydroxylation sites is 1. The molecular formula is C24H22N4O2. The lowest BCUT2D eigenvalue weighted by atomic mass is 10.1. The highest BCUT2D eigenvalue weighted by Gasteiger charge is 2.13. The maximum absolute atomic E-state index is 12.5. The molecule has 0 spiro atoms. The lowest BCUT2D eigenvalue weighted by Crippen LogP contribution is -2.24. The summed E-state index contributed by atoms with van der Waals surface area (Å²) in [4.78, 5) is 16.6. The van der Waals surface area contributed by atoms with Crippen molar-refractivity contribution in [2.45, 2.75) is 13.0 Å². The van der Waals surface area contributed by atoms with Crippen molar-refractivity contribution in [3.05, 3.63) is 96.4 Å². The van der Waals surface area contributed by atoms with Crippen LogP contribution in [0.25, 0.3) is 16.9 Å². The van der Waals surface area contributed by atoms with Crippen molar-refractivity contribution in [2.24, 2.45) is 0 Å². The van der Waals surface area contributed by atoms with Crippen LogP contribution >= 0.6 is 0 Å². The number of ether oxygens (including phenoxy) is 1. The number of hydrogen-bond acceptors (Lipinski definition) is 4. The Kier molecular flexibility index (Phi) is 5.85. The molecule has 0 saturated heterocycles. The van der Waals surface area contributed by atoms with Crippen molar-refractivity contribution in [3.8, 4) is 22.7 Å². The Morgan fingerprint density at radius 3 is 2.43 bits per heavy atom. The molecule has 0 aliphatic rings. The molecule has 1 amide bonds. The normalized spacial score (nSPS) is 10.6. The van der Waals surface area contributed by atoms with Crippen LogP contribution in [0.5, 0.6) is 5.75 Å². The summed E-state index contributed by atoms with van der Waals surface area (Å²) in [6.07, 6.45) is 5.74. The van der Waals surface area contributed by atoms with Crippen LogP contribution in [0.15, 0.2) is 85.3 Å². The molecule has 0 bridgehead atoms. The van der Waals surface area contributed by atoms with Crippen molar-refractivity contribution in [2.75, 3.05) is 7.11 Å². The second-order valence-electron chi connectivity index (χ2n) is 6.82. The molecule has 6 heteroatoms. The Morgan fingerprint density at radius 1 is 1.00 bits per heavy atom. The SMILES string of the molecule is COc1ccc(CC(=O)NCc2cn(-c3ccccc3)nc2-c2ccncc2)cc1. The van der Waals surface area contributed by atoms with Crippen LogP contribution in [0.2, 0.25) is 0 Å². The van der Waals surface area contributed by atoms with E-state index < -0.39 is 0 Å². The predicted octanol–water partition coefficient (Wildman–Crippen LogP) is 3.80. The fraction of sp³-hybridized carbons (Fsp3) is 0.125. The topological polar surface area (TPSA) is 69.0 Å². The minimum absolute atomic E-state index is 0.0479. The number of aromatic nitrogens is 3. The summed E-state index contributed by atoms with van der Waals surface area (Å²) in [6, 6.07) is 21.2. The van der Waals surface area contributed by atoms with E-state index in [-0.39, 0.29) is 5.91 Å². The van der Waals surface area contributed by atoms with Crippen molar-refractivity contribution in [1.82, 2.24) is 20.1 Å². The average Bonchev–Trinajstić information content (AvgIpc) is 3.24. The van der Waals surface area contributed by atoms with Crippen LogP contribution < -0.4 is 10.1 Å². The zero-order chi connectivity index (χ0) is 20.8. The number of hydrogen-bond donors (Lipinski definition) is 1. The first-order valence-electron chi connectivity index (χ1n) is 9.67. The number of carbonyl (C=O) groups excluding carboxylic acids is 1. The Hall–Kier alpha value is -3.93. The first kappa shape index (κ1) is 19.4. The number of pyridine rings is 1. The van der Waals surface area contributed by atoms with Gasteiger partial charge in [-0.05, 0) is 42.0 Å². The zero-order valence-electron chi connectivity index (χ0n) is 16.7. The fourth-order valence-corrected chi connectivity index (χ4v) is 3.19. The molecule has 0 atom stereocenters. The number of methoxy groups -OCH3 is 1. The Balaban J connectivity index is 1.52. The van der Waals surface area contributed by atoms with Crippen LogP contribution in [0.1, 0.15) is 11.1 Å². The van der Waals surface area contributed by atoms with Crippen molar-refractivity contribution >= 4 is 5.91 Å². The van der Waals surface area contributed by atoms with E-state index in [9.17, 15) is 4.79 Å². The van der Waals surface area contributed by atoms with E-state index in [1.807, 2.05) is 77.6 Å². The van der Waals surface area contributed by atoms with Crippen molar-refractivity contribution < 1.29 is 9.53 Å². The summed E-state index contributed by atoms with van der Waals surface area (Å²) in [5, 5.41) is 7.77. The molecule has 0 aliphatic heterocycles. The van der Waals surface area contributed by atoms with E-state index in [0.717, 1.165) is 33.8 Å². The standard InChI is InChI=1S/C24H22N4O2/c1-30-22-9-7-18(8-10-22)15-23(29)26-16-20-17-28(21-5-3-2-4-6-21)27-24(20)19-11-13-25-14-12-19/h2-14,17H,15-16H2,1H3,(H,26,29). The number of nitrogens with one attached hydrogen (secondary N) is 1. The quantitative estimate of drug-likeness (QED) is 0.514. The zero-order valence-corrected chi connectivity index (χ0v) is 16.7. The smallest absolute Gasteiger partial charge is 0.224 e. The fourth-order valence-electron chi connectivity index (χ4n) is 3.19. The van der Waals surface area contributed by atoms with Crippen molar-refractivity contribution in [3.63, 3.8) is 0 Å². The molecule has 0 unspecified atom stereocenters. The highest BCUT2D eigenvalue weighted by Crippen LogP contribution is 2.23. The van der Waals surface area contributed by atoms with Crippen LogP contribution in [0.3, 0.4) is 0 Å². The van der Waals surface area contributed by atoms with Gasteiger partial charge in [-0.2, -0.15) is 5.10 Å². The van der Waals surface area contributed by atoms with Gasteiger partial charge >= 0.3 is 0 Å². The van der Waals surface area contributed by atoms with Gasteiger partial charge < -0.3 is 10.1 Å². The van der Waals surface area contributed by atoms with E-state index in [4.69, 9.17) is 9.84 Å². The number of carbonyl (C=O) groups is 1. The molecule has 0 fully saturated rings. The molecule has 0 radical (unpaired) electrons. The Labute approximate surface area is 175 Å². The Bertz CT molecular complexity index is 1110. The highest BCUT2D eigenvalue weighted by atomic mass is 16.5. The molecule has 4 rings (SSSR count). The second kappa shape index (κ2) is 9.05. The molecule has 6 nitrogen and oxygen atoms in total. The molecule has 4 aromatic rings. The molecule has 2 heterocycles. The van der Waals surface area contributed by atoms with Crippen LogP contribution in [-0.4, -0.2) is 27.8 Å². The largest absolute Gasteiger partial charge is 0.497 e. The summed E-state index contributed by atoms with van der Waals surface area (Å²) >= 11 is 0. The molecule has 0 aliphatic carbocycles. The molecule has 150 valence electrons. The second-order valence-corrected chi connectivity index (χ2v) is 6.82. The third-order valence-corrected chi connectivity index (χ3v) is 4.76. The number of benzene rings is 2. The summed E-state index contributed by atoms with van der Waals surface area (Å²) in [5.41, 5.74) is 4.62. The van der Waals surface area contributed by atoms with Crippen LogP contribution in [-0.2, 0) is 17.8 Å². The monoisotopic (exact) mass is 398 g/mol. The molecular weight excluding hydrogens is 376 g/mol. The summed E-state index contributed by atoms with van der Waals surface area (Å²) in [7, 11) is 1.62. The minimum Gasteiger partial charge on any atom is -0.497 e. The van der Waals surface area contributed by atoms with Gasteiger partial charge in [-0.25, -0.2) is 4.68 Å². The Morgan fingerprint density at radius 2 is 1.73 bits per heavy atom. The van der Waals surface area contributed by atoms with Crippen LogP contribution in [0.4, 0.5) is 0 Å². The van der Waals surface area contributed by atoms with E-state index in [1.165, 1.54) is 0 Å². The lowest BCUT2D eigenvalue weighted by Gasteiger charge is -2.06. The third kappa shape index (κ3) is 4.55. The average molecular weight is 398 g/mol. The molecule has 1 N–H and O–H groups in total. The predicted molar refractivity (Wildman–Crippen MR) is 115 cm³/mol. The van der Waals surface area contributed by atoms with Gasteiger partial charge in [-0.15, -0.1) is 0 Å². The highest BCUT2D eigenvalue weighted by molar-refractivity contribution is 5.79. The van der Waals surface area contributed by atoms with E-state index in [0.29, 0.717) is 13.0 Å². The van der Waals surface area contributed by atoms with Gasteiger partial charge in [0.1, 0.15) is 5.75 Å². The van der Waals surface area contributed by atoms with Gasteiger partial charge in [0.05, 0.1) is 24.9 Å². The van der Waals surface area contributed by atoms with E-state index in [1.54, 1.807) is 19.5 Å². The summed E-state index contributed by atoms with van der Waals surface area (Å²) in [5.74, 6) is 0.725. The first-order valence-corrected chi connectivity index (χ1v) is 9.67. The van der Waals surface area contributed by atoms with E-state index in [2.05, 4.69) is 10.3 Å². The van der Waals surface area contributed by atoms with Gasteiger partial charge in [0, 0.05) is 36.3 Å². The molecule has 2 aromatic carbocycles. The maximum atomic E-state index is 12.5. The third-order valence-electron chi connectivity index (χ3n) is 4.76. The number of amides is 1. The molecule has 2 aromatic heterocycles. The van der Waals surface area contributed by atoms with Gasteiger partial charge in [0.2, 0.25) is 5.91 Å². The van der Waals surface area contributed by atoms with Crippen molar-refractivity contribution in [1.29, 1.82) is 0 Å². The van der Waals surface area contributed by atoms with Gasteiger partial charge in [-0.3, -0.25) is 9.78 Å². The number of nitrogens with zero attached hydrogens (tertiary/aromatic N) is 3. The van der Waals surface area contributed by atoms with Crippen LogP contribution in [0, 0.1) is 0 Å². The van der Waals surface area contributed by atoms with Gasteiger partial charge in [-0.1, -0.05) is 30.3 Å². The summed E-state index contributed by atoms with van der Waals surface area (Å²) in [6.45, 7) is 0.388. The molecule has 30 heavy (non-hydrogen) atoms. The minimum atomic E-state index is -0.0479.